The summed E-state index contributed by atoms with van der Waals surface area (Å²) in [5, 5.41) is 5.24. The Morgan fingerprint density at radius 1 is 1.14 bits per heavy atom. The number of benzene rings is 1. The topological polar surface area (TPSA) is 75.8 Å². The molecule has 2 N–H and O–H groups in total. The third-order valence-corrected chi connectivity index (χ3v) is 12.9. The largest absolute Gasteiger partial charge is 0.497 e. The lowest BCUT2D eigenvalue weighted by molar-refractivity contribution is 0.0156. The third kappa shape index (κ3) is 5.17. The van der Waals surface area contributed by atoms with Crippen molar-refractivity contribution in [1.82, 2.24) is 15.2 Å². The molecule has 2 aliphatic heterocycles. The number of rotatable bonds is 4. The Labute approximate surface area is 217 Å². The van der Waals surface area contributed by atoms with Gasteiger partial charge in [-0.15, -0.1) is 0 Å². The van der Waals surface area contributed by atoms with E-state index < -0.39 is 13.9 Å². The van der Waals surface area contributed by atoms with E-state index in [0.717, 1.165) is 30.7 Å². The van der Waals surface area contributed by atoms with Gasteiger partial charge in [-0.2, -0.15) is 0 Å². The van der Waals surface area contributed by atoms with Crippen molar-refractivity contribution in [3.8, 4) is 5.75 Å². The van der Waals surface area contributed by atoms with Gasteiger partial charge >= 0.3 is 6.09 Å². The summed E-state index contributed by atoms with van der Waals surface area (Å²) >= 11 is 0. The van der Waals surface area contributed by atoms with Crippen molar-refractivity contribution in [2.45, 2.75) is 89.6 Å². The van der Waals surface area contributed by atoms with Gasteiger partial charge in [0.15, 0.2) is 8.32 Å². The molecule has 1 atom stereocenters. The van der Waals surface area contributed by atoms with Crippen LogP contribution in [0.15, 0.2) is 18.2 Å². The highest BCUT2D eigenvalue weighted by Crippen LogP contribution is 2.47. The lowest BCUT2D eigenvalue weighted by Crippen LogP contribution is -2.54. The number of methoxy groups -OCH3 is 1. The number of hydrogen-bond acceptors (Lipinski definition) is 5. The zero-order chi connectivity index (χ0) is 26.5. The first-order valence-corrected chi connectivity index (χ1v) is 16.1. The quantitative estimate of drug-likeness (QED) is 0.481. The Hall–Kier alpha value is -2.03. The molecule has 1 fully saturated rings. The van der Waals surface area contributed by atoms with Crippen molar-refractivity contribution < 1.29 is 18.7 Å². The summed E-state index contributed by atoms with van der Waals surface area (Å²) in [5.74, 6) is 0.844. The number of amides is 1. The number of hydrogen-bond donors (Lipinski definition) is 2. The van der Waals surface area contributed by atoms with E-state index in [-0.39, 0.29) is 22.6 Å². The van der Waals surface area contributed by atoms with Crippen LogP contribution in [-0.4, -0.2) is 63.2 Å². The second-order valence-corrected chi connectivity index (χ2v) is 17.9. The fourth-order valence-corrected chi connectivity index (χ4v) is 6.20. The molecular formula is C28H45N3O4Si. The molecular weight excluding hydrogens is 470 g/mol. The van der Waals surface area contributed by atoms with Gasteiger partial charge in [-0.25, -0.2) is 4.79 Å². The Morgan fingerprint density at radius 3 is 2.39 bits per heavy atom. The molecule has 2 aliphatic rings. The van der Waals surface area contributed by atoms with E-state index in [4.69, 9.17) is 13.9 Å². The van der Waals surface area contributed by atoms with Crippen LogP contribution in [0.3, 0.4) is 0 Å². The summed E-state index contributed by atoms with van der Waals surface area (Å²) in [6, 6.07) is 6.41. The molecule has 0 radical (unpaired) electrons. The molecule has 0 saturated carbocycles. The molecule has 1 unspecified atom stereocenters. The van der Waals surface area contributed by atoms with Crippen molar-refractivity contribution in [3.05, 3.63) is 29.5 Å². The van der Waals surface area contributed by atoms with Crippen LogP contribution >= 0.6 is 0 Å². The van der Waals surface area contributed by atoms with Crippen LogP contribution in [0.4, 0.5) is 4.79 Å². The minimum absolute atomic E-state index is 0.0475. The summed E-state index contributed by atoms with van der Waals surface area (Å²) in [6.45, 7) is 20.1. The molecule has 4 rings (SSSR count). The molecule has 1 saturated heterocycles. The van der Waals surface area contributed by atoms with E-state index in [1.165, 1.54) is 16.6 Å². The summed E-state index contributed by atoms with van der Waals surface area (Å²) in [7, 11) is -0.182. The van der Waals surface area contributed by atoms with Gasteiger partial charge in [-0.05, 0) is 69.4 Å². The SMILES string of the molecule is COc1ccc2c3c([nH]c2c1)C(CO[Si](C)(C)C(C)(C)C)NCC31CCN(C(=O)OC(C)(C)C)CC1. The van der Waals surface area contributed by atoms with E-state index in [0.29, 0.717) is 19.7 Å². The average molecular weight is 516 g/mol. The number of piperidine rings is 1. The monoisotopic (exact) mass is 515 g/mol. The number of likely N-dealkylation sites (tertiary alicyclic amines) is 1. The highest BCUT2D eigenvalue weighted by molar-refractivity contribution is 6.74. The summed E-state index contributed by atoms with van der Waals surface area (Å²) < 4.78 is 17.8. The number of aromatic nitrogens is 1. The van der Waals surface area contributed by atoms with Crippen molar-refractivity contribution in [1.29, 1.82) is 0 Å². The molecule has 1 aromatic heterocycles. The van der Waals surface area contributed by atoms with Gasteiger partial charge in [0.1, 0.15) is 11.4 Å². The molecule has 2 aromatic rings. The molecule has 8 heteroatoms. The minimum atomic E-state index is -1.89. The number of fused-ring (bicyclic) bond motifs is 4. The van der Waals surface area contributed by atoms with E-state index in [1.807, 2.05) is 31.7 Å². The van der Waals surface area contributed by atoms with Crippen LogP contribution in [-0.2, 0) is 14.6 Å². The van der Waals surface area contributed by atoms with Gasteiger partial charge in [-0.3, -0.25) is 0 Å². The minimum Gasteiger partial charge on any atom is -0.497 e. The maximum Gasteiger partial charge on any atom is 0.410 e. The predicted molar refractivity (Wildman–Crippen MR) is 147 cm³/mol. The average Bonchev–Trinajstić information content (AvgIpc) is 3.17. The number of H-pyrrole nitrogens is 1. The van der Waals surface area contributed by atoms with Gasteiger partial charge in [0, 0.05) is 47.7 Å². The Morgan fingerprint density at radius 2 is 1.81 bits per heavy atom. The maximum atomic E-state index is 12.7. The molecule has 1 aromatic carbocycles. The molecule has 1 spiro atoms. The van der Waals surface area contributed by atoms with Crippen LogP contribution < -0.4 is 10.1 Å². The van der Waals surface area contributed by atoms with Gasteiger partial charge in [0.2, 0.25) is 0 Å². The number of nitrogens with zero attached hydrogens (tertiary/aromatic N) is 1. The normalized spacial score (nSPS) is 20.5. The smallest absolute Gasteiger partial charge is 0.410 e. The highest BCUT2D eigenvalue weighted by Gasteiger charge is 2.46. The Balaban J connectivity index is 1.64. The van der Waals surface area contributed by atoms with E-state index in [2.05, 4.69) is 56.3 Å². The lowest BCUT2D eigenvalue weighted by atomic mass is 9.69. The third-order valence-electron chi connectivity index (χ3n) is 8.39. The zero-order valence-electron chi connectivity index (χ0n) is 23.6. The number of aromatic amines is 1. The van der Waals surface area contributed by atoms with Gasteiger partial charge in [0.05, 0.1) is 19.8 Å². The predicted octanol–water partition coefficient (Wildman–Crippen LogP) is 6.11. The lowest BCUT2D eigenvalue weighted by Gasteiger charge is -2.47. The van der Waals surface area contributed by atoms with E-state index in [9.17, 15) is 4.79 Å². The molecule has 0 bridgehead atoms. The van der Waals surface area contributed by atoms with Crippen LogP contribution in [0.2, 0.25) is 18.1 Å². The number of carbonyl (C=O) groups is 1. The van der Waals surface area contributed by atoms with Crippen LogP contribution in [0.5, 0.6) is 5.75 Å². The number of ether oxygens (including phenoxy) is 2. The molecule has 200 valence electrons. The van der Waals surface area contributed by atoms with Crippen LogP contribution in [0, 0.1) is 0 Å². The van der Waals surface area contributed by atoms with E-state index >= 15 is 0 Å². The van der Waals surface area contributed by atoms with E-state index in [1.54, 1.807) is 7.11 Å². The maximum absolute atomic E-state index is 12.7. The van der Waals surface area contributed by atoms with Crippen molar-refractivity contribution in [2.24, 2.45) is 0 Å². The highest BCUT2D eigenvalue weighted by atomic mass is 28.4. The molecule has 36 heavy (non-hydrogen) atoms. The van der Waals surface area contributed by atoms with Gasteiger partial charge < -0.3 is 29.1 Å². The molecule has 7 nitrogen and oxygen atoms in total. The zero-order valence-corrected chi connectivity index (χ0v) is 24.6. The second-order valence-electron chi connectivity index (χ2n) is 13.1. The summed E-state index contributed by atoms with van der Waals surface area (Å²) in [6.07, 6.45) is 1.56. The van der Waals surface area contributed by atoms with Crippen molar-refractivity contribution >= 4 is 25.3 Å². The Bertz CT molecular complexity index is 1100. The van der Waals surface area contributed by atoms with Crippen molar-refractivity contribution in [3.63, 3.8) is 0 Å². The standard InChI is InChI=1S/C28H45N3O4Si/c1-26(2,3)35-25(32)31-14-12-28(13-15-31)18-29-22(17-34-36(8,9)27(4,5)6)24-23(28)20-11-10-19(33-7)16-21(20)30-24/h10-11,16,22,29-30H,12-15,17-18H2,1-9H3. The Kier molecular flexibility index (Phi) is 7.03. The van der Waals surface area contributed by atoms with Gasteiger partial charge in [0.25, 0.3) is 0 Å². The summed E-state index contributed by atoms with van der Waals surface area (Å²) in [4.78, 5) is 18.3. The first-order valence-electron chi connectivity index (χ1n) is 13.2. The van der Waals surface area contributed by atoms with Crippen LogP contribution in [0.25, 0.3) is 10.9 Å². The van der Waals surface area contributed by atoms with Crippen molar-refractivity contribution in [2.75, 3.05) is 33.4 Å². The second kappa shape index (κ2) is 9.37. The fourth-order valence-electron chi connectivity index (χ4n) is 5.19. The van der Waals surface area contributed by atoms with Crippen LogP contribution in [0.1, 0.15) is 71.7 Å². The van der Waals surface area contributed by atoms with Gasteiger partial charge in [-0.1, -0.05) is 20.8 Å². The number of carbonyl (C=O) groups excluding carboxylic acids is 1. The first kappa shape index (κ1) is 27.0. The molecule has 3 heterocycles. The summed E-state index contributed by atoms with van der Waals surface area (Å²) in [5.41, 5.74) is 3.16. The molecule has 1 amide bonds. The first-order chi connectivity index (χ1) is 16.7. The number of nitrogens with one attached hydrogen (secondary N) is 2. The molecule has 0 aliphatic carbocycles. The fraction of sp³-hybridized carbons (Fsp3) is 0.679.